The molecule has 19 nitrogen and oxygen atoms in total. The third-order valence-corrected chi connectivity index (χ3v) is 9.04. The number of benzene rings is 3. The summed E-state index contributed by atoms with van der Waals surface area (Å²) in [7, 11) is 0. The van der Waals surface area contributed by atoms with Gasteiger partial charge in [0.1, 0.15) is 78.3 Å². The molecule has 3 aliphatic heterocycles. The second-order valence-electron chi connectivity index (χ2n) is 12.9. The predicted octanol–water partition coefficient (Wildman–Crippen LogP) is -1.19. The second kappa shape index (κ2) is 16.2. The molecular formula is C36H39O19+. The van der Waals surface area contributed by atoms with Crippen LogP contribution >= 0.6 is 0 Å². The molecule has 0 aliphatic carbocycles. The number of carbonyl (C=O) groups is 1. The van der Waals surface area contributed by atoms with Crippen molar-refractivity contribution in [2.24, 2.45) is 0 Å². The highest BCUT2D eigenvalue weighted by atomic mass is 16.7. The Balaban J connectivity index is 1.28. The lowest BCUT2D eigenvalue weighted by Gasteiger charge is -2.41. The van der Waals surface area contributed by atoms with Gasteiger partial charge in [-0.3, -0.25) is 0 Å². The first-order valence-electron chi connectivity index (χ1n) is 16.7. The molecule has 296 valence electrons. The second-order valence-corrected chi connectivity index (χ2v) is 12.9. The van der Waals surface area contributed by atoms with Crippen molar-refractivity contribution in [2.45, 2.75) is 67.5 Å². The fourth-order valence-corrected chi connectivity index (χ4v) is 6.03. The molecule has 19 heteroatoms. The molecule has 55 heavy (non-hydrogen) atoms. The van der Waals surface area contributed by atoms with Gasteiger partial charge in [-0.05, 0) is 35.9 Å². The van der Waals surface area contributed by atoms with E-state index in [2.05, 4.69) is 4.74 Å². The molecule has 3 heterocycles. The lowest BCUT2D eigenvalue weighted by molar-refractivity contribution is -0.295. The third-order valence-electron chi connectivity index (χ3n) is 9.04. The fraction of sp³-hybridized carbons (Fsp3) is 0.361. The maximum atomic E-state index is 12.4. The molecule has 0 bridgehead atoms. The van der Waals surface area contributed by atoms with Gasteiger partial charge in [0.15, 0.2) is 23.0 Å². The quantitative estimate of drug-likeness (QED) is 0.0499. The van der Waals surface area contributed by atoms with Gasteiger partial charge in [0.2, 0.25) is 12.6 Å². The number of hydrogen-bond donors (Lipinski definition) is 12. The molecule has 6 rings (SSSR count). The number of carbonyl (C=O) groups excluding carboxylic acids is 1. The third kappa shape index (κ3) is 8.34. The number of ether oxygens (including phenoxy) is 6. The van der Waals surface area contributed by atoms with E-state index in [1.807, 2.05) is 0 Å². The minimum Gasteiger partial charge on any atom is -0.571 e. The zero-order chi connectivity index (χ0) is 39.7. The molecule has 13 N–H and O–H groups in total. The van der Waals surface area contributed by atoms with Gasteiger partial charge in [-0.25, -0.2) is 4.79 Å². The van der Waals surface area contributed by atoms with Crippen molar-refractivity contribution in [3.63, 3.8) is 0 Å². The van der Waals surface area contributed by atoms with Crippen molar-refractivity contribution in [1.82, 2.24) is 0 Å². The molecule has 0 aromatic heterocycles. The van der Waals surface area contributed by atoms with E-state index in [0.29, 0.717) is 5.56 Å². The van der Waals surface area contributed by atoms with Crippen molar-refractivity contribution in [1.29, 1.82) is 0 Å². The molecule has 3 aliphatic rings. The Labute approximate surface area is 310 Å². The average Bonchev–Trinajstić information content (AvgIpc) is 3.16. The van der Waals surface area contributed by atoms with E-state index in [0.717, 1.165) is 24.3 Å². The summed E-state index contributed by atoms with van der Waals surface area (Å²) >= 11 is 0. The zero-order valence-corrected chi connectivity index (χ0v) is 28.4. The van der Waals surface area contributed by atoms with Gasteiger partial charge in [-0.1, -0.05) is 12.1 Å². The highest BCUT2D eigenvalue weighted by Gasteiger charge is 2.48. The standard InChI is InChI=1S/C36H38O19/c37-12-24-28(44)30(46)32(48)36(54-24)53-23-11-18-21(51-34(23)15-7-19(40)27(43)20(41)8-15)9-17(39)10-22(18)52-35-33(49)31(47)29(45)25(55-35)13-50-26(42)6-3-14-1-4-16(38)5-2-14/h1-11,24-25,28-41,43-49H,12-13H2/p+1/b6-3+/t24-,25+,28+,29+,30-,31-,32-,33+,34?,35+,36+/m0/s1. The molecule has 3 aromatic carbocycles. The maximum Gasteiger partial charge on any atom is 0.330 e. The Morgan fingerprint density at radius 1 is 0.727 bits per heavy atom. The minimum absolute atomic E-state index is 0.00135. The Morgan fingerprint density at radius 2 is 1.33 bits per heavy atom. The Kier molecular flexibility index (Phi) is 11.6. The van der Waals surface area contributed by atoms with Crippen molar-refractivity contribution in [3.05, 3.63) is 77.1 Å². The van der Waals surface area contributed by atoms with Crippen LogP contribution in [0.3, 0.4) is 0 Å². The first-order valence-corrected chi connectivity index (χ1v) is 16.7. The van der Waals surface area contributed by atoms with E-state index in [1.165, 1.54) is 30.4 Å². The maximum absolute atomic E-state index is 12.4. The Morgan fingerprint density at radius 3 is 1.96 bits per heavy atom. The predicted molar refractivity (Wildman–Crippen MR) is 182 cm³/mol. The number of phenolic OH excluding ortho intramolecular Hbond substituents is 5. The first-order chi connectivity index (χ1) is 26.1. The molecule has 11 atom stereocenters. The van der Waals surface area contributed by atoms with Gasteiger partial charge >= 0.3 is 5.97 Å². The summed E-state index contributed by atoms with van der Waals surface area (Å²) in [4.78, 5) is 12.4. The van der Waals surface area contributed by atoms with Crippen molar-refractivity contribution in [2.75, 3.05) is 13.2 Å². The van der Waals surface area contributed by atoms with E-state index in [9.17, 15) is 66.1 Å². The molecular weight excluding hydrogens is 736 g/mol. The molecule has 3 aromatic rings. The summed E-state index contributed by atoms with van der Waals surface area (Å²) < 4.78 is 32.7. The van der Waals surface area contributed by atoms with Crippen LogP contribution in [-0.2, 0) is 23.7 Å². The van der Waals surface area contributed by atoms with E-state index >= 15 is 0 Å². The van der Waals surface area contributed by atoms with Crippen LogP contribution in [0.4, 0.5) is 0 Å². The van der Waals surface area contributed by atoms with Crippen molar-refractivity contribution >= 4 is 18.1 Å². The summed E-state index contributed by atoms with van der Waals surface area (Å²) in [5.74, 6) is -4.12. The number of rotatable bonds is 10. The van der Waals surface area contributed by atoms with Crippen LogP contribution in [0.15, 0.2) is 60.4 Å². The largest absolute Gasteiger partial charge is 0.571 e. The number of esters is 1. The van der Waals surface area contributed by atoms with Crippen LogP contribution in [0.2, 0.25) is 0 Å². The summed E-state index contributed by atoms with van der Waals surface area (Å²) in [5, 5.41) is 124. The van der Waals surface area contributed by atoms with Gasteiger partial charge in [0, 0.05) is 18.2 Å². The highest BCUT2D eigenvalue weighted by Crippen LogP contribution is 2.48. The van der Waals surface area contributed by atoms with Gasteiger partial charge in [-0.15, -0.1) is 0 Å². The van der Waals surface area contributed by atoms with Crippen LogP contribution < -0.4 is 4.74 Å². The van der Waals surface area contributed by atoms with Crippen LogP contribution in [0, 0.1) is 0 Å². The average molecular weight is 776 g/mol. The Hall–Kier alpha value is -5.35. The Bertz CT molecular complexity index is 1890. The van der Waals surface area contributed by atoms with Gasteiger partial charge in [0.05, 0.1) is 18.2 Å². The van der Waals surface area contributed by atoms with E-state index in [4.69, 9.17) is 23.7 Å². The lowest BCUT2D eigenvalue weighted by atomic mass is 9.98. The van der Waals surface area contributed by atoms with Crippen LogP contribution in [0.25, 0.3) is 12.2 Å². The van der Waals surface area contributed by atoms with Crippen LogP contribution in [-0.4, -0.2) is 147 Å². The summed E-state index contributed by atoms with van der Waals surface area (Å²) in [6.45, 7) is -1.39. The van der Waals surface area contributed by atoms with Gasteiger partial charge in [0.25, 0.3) is 11.9 Å². The molecule has 2 fully saturated rings. The van der Waals surface area contributed by atoms with E-state index in [-0.39, 0.29) is 34.1 Å². The molecule has 0 radical (unpaired) electrons. The summed E-state index contributed by atoms with van der Waals surface area (Å²) in [5.41, 5.74) is 0.580. The monoisotopic (exact) mass is 775 g/mol. The first kappa shape index (κ1) is 39.3. The molecule has 0 spiro atoms. The summed E-state index contributed by atoms with van der Waals surface area (Å²) in [6, 6.07) is 10.2. The number of aliphatic hydroxyl groups excluding tert-OH is 7. The van der Waals surface area contributed by atoms with Crippen LogP contribution in [0.5, 0.6) is 40.2 Å². The van der Waals surface area contributed by atoms with Crippen LogP contribution in [0.1, 0.15) is 22.8 Å². The van der Waals surface area contributed by atoms with Crippen molar-refractivity contribution < 1.29 is 94.5 Å². The summed E-state index contributed by atoms with van der Waals surface area (Å²) in [6.07, 6.45) is -14.9. The normalized spacial score (nSPS) is 30.5. The smallest absolute Gasteiger partial charge is 0.330 e. The molecule has 2 saturated heterocycles. The molecule has 0 saturated carbocycles. The molecule has 1 unspecified atom stereocenters. The number of fused-ring (bicyclic) bond motifs is 1. The fourth-order valence-electron chi connectivity index (χ4n) is 6.03. The van der Waals surface area contributed by atoms with E-state index < -0.39 is 110 Å². The number of aliphatic hydroxyl groups is 8. The van der Waals surface area contributed by atoms with Gasteiger partial charge < -0.3 is 89.7 Å². The minimum atomic E-state index is -1.90. The lowest BCUT2D eigenvalue weighted by Crippen LogP contribution is -2.60. The van der Waals surface area contributed by atoms with Crippen molar-refractivity contribution in [3.8, 4) is 40.2 Å². The highest BCUT2D eigenvalue weighted by molar-refractivity contribution is 5.87. The topological polar surface area (TPSA) is 319 Å². The number of hydrogen-bond acceptors (Lipinski definition) is 18. The number of aromatic hydroxyl groups is 6. The van der Waals surface area contributed by atoms with Gasteiger partial charge in [-0.2, -0.15) is 0 Å². The zero-order valence-electron chi connectivity index (χ0n) is 28.4. The molecule has 0 amide bonds. The number of phenols is 5. The SMILES string of the molecule is O=C(/C=C/c1ccc(O)cc1)OC[C@H]1O[C@@H](Oc2cc(O)cc3c2C=C(O[C@@H]2O[C@@H](CO)[C@@H](O)[C@H](O)[C@@H]2O)C(c2cc(O)c(O)c(O)c2)[OH+]3)[C@H](O)[C@@H](O)[C@@H]1O. The van der Waals surface area contributed by atoms with E-state index in [1.54, 1.807) is 12.1 Å².